The Bertz CT molecular complexity index is 641. The fourth-order valence-electron chi connectivity index (χ4n) is 2.00. The van der Waals surface area contributed by atoms with Gasteiger partial charge in [-0.3, -0.25) is 4.72 Å². The van der Waals surface area contributed by atoms with Crippen molar-refractivity contribution in [3.8, 4) is 5.75 Å². The predicted octanol–water partition coefficient (Wildman–Crippen LogP) is 1.06. The van der Waals surface area contributed by atoms with Gasteiger partial charge in [0.15, 0.2) is 0 Å². The highest BCUT2D eigenvalue weighted by Crippen LogP contribution is 2.37. The number of sulfonamides is 1. The number of aromatic hydroxyl groups is 1. The fourth-order valence-corrected chi connectivity index (χ4v) is 2.57. The maximum Gasteiger partial charge on any atom is 0.498 e. The normalized spacial score (nSPS) is 20.5. The largest absolute Gasteiger partial charge is 0.506 e. The Morgan fingerprint density at radius 2 is 1.67 bits per heavy atom. The smallest absolute Gasteiger partial charge is 0.498 e. The highest BCUT2D eigenvalue weighted by atomic mass is 32.2. The number of anilines is 1. The number of hydrogen-bond donors (Lipinski definition) is 2. The second-order valence-electron chi connectivity index (χ2n) is 6.21. The van der Waals surface area contributed by atoms with Crippen LogP contribution in [-0.2, 0) is 19.3 Å². The minimum atomic E-state index is -3.48. The van der Waals surface area contributed by atoms with Crippen LogP contribution in [-0.4, -0.2) is 38.1 Å². The molecule has 2 rings (SSSR count). The van der Waals surface area contributed by atoms with Crippen LogP contribution in [0.1, 0.15) is 27.7 Å². The Morgan fingerprint density at radius 1 is 1.14 bits per heavy atom. The van der Waals surface area contributed by atoms with Crippen LogP contribution in [0.15, 0.2) is 18.2 Å². The van der Waals surface area contributed by atoms with E-state index in [1.54, 1.807) is 12.1 Å². The molecule has 1 aromatic carbocycles. The number of hydrogen-bond acceptors (Lipinski definition) is 5. The quantitative estimate of drug-likeness (QED) is 0.644. The minimum absolute atomic E-state index is 0.102. The fraction of sp³-hybridized carbons (Fsp3) is 0.538. The first kappa shape index (κ1) is 16.1. The van der Waals surface area contributed by atoms with Gasteiger partial charge in [-0.25, -0.2) is 8.42 Å². The molecule has 1 heterocycles. The highest BCUT2D eigenvalue weighted by Gasteiger charge is 2.52. The van der Waals surface area contributed by atoms with Crippen molar-refractivity contribution >= 4 is 28.3 Å². The molecule has 6 nitrogen and oxygen atoms in total. The summed E-state index contributed by atoms with van der Waals surface area (Å²) >= 11 is 0. The van der Waals surface area contributed by atoms with E-state index in [-0.39, 0.29) is 11.4 Å². The summed E-state index contributed by atoms with van der Waals surface area (Å²) in [6, 6.07) is 4.75. The standard InChI is InChI=1S/C13H20BNO5S/c1-12(2)13(3,4)20-14(19-12)9-7-6-8-10(11(9)16)15-21(5,17)18/h6-8,15-16H,1-5H3. The maximum atomic E-state index is 11.3. The molecule has 0 atom stereocenters. The summed E-state index contributed by atoms with van der Waals surface area (Å²) in [5.41, 5.74) is -0.582. The van der Waals surface area contributed by atoms with E-state index >= 15 is 0 Å². The molecule has 1 aromatic rings. The monoisotopic (exact) mass is 313 g/mol. The van der Waals surface area contributed by atoms with E-state index in [1.165, 1.54) is 6.07 Å². The van der Waals surface area contributed by atoms with Gasteiger partial charge in [0.05, 0.1) is 23.1 Å². The number of benzene rings is 1. The molecule has 0 bridgehead atoms. The molecule has 0 unspecified atom stereocenters. The van der Waals surface area contributed by atoms with Gasteiger partial charge >= 0.3 is 7.12 Å². The zero-order valence-electron chi connectivity index (χ0n) is 12.8. The average Bonchev–Trinajstić information content (AvgIpc) is 2.49. The second kappa shape index (κ2) is 4.89. The van der Waals surface area contributed by atoms with Crippen molar-refractivity contribution in [3.63, 3.8) is 0 Å². The van der Waals surface area contributed by atoms with Crippen molar-refractivity contribution < 1.29 is 22.8 Å². The van der Waals surface area contributed by atoms with E-state index in [4.69, 9.17) is 9.31 Å². The molecule has 0 aromatic heterocycles. The Hall–Kier alpha value is -1.25. The van der Waals surface area contributed by atoms with Crippen LogP contribution in [0, 0.1) is 0 Å². The highest BCUT2D eigenvalue weighted by molar-refractivity contribution is 7.92. The molecule has 0 aliphatic carbocycles. The van der Waals surface area contributed by atoms with Gasteiger partial charge < -0.3 is 14.4 Å². The molecule has 0 spiro atoms. The SMILES string of the molecule is CC1(C)OB(c2cccc(NS(C)(=O)=O)c2O)OC1(C)C. The van der Waals surface area contributed by atoms with Gasteiger partial charge in [-0.1, -0.05) is 12.1 Å². The van der Waals surface area contributed by atoms with Crippen molar-refractivity contribution in [2.75, 3.05) is 11.0 Å². The van der Waals surface area contributed by atoms with Gasteiger partial charge in [0.1, 0.15) is 5.75 Å². The third-order valence-electron chi connectivity index (χ3n) is 3.87. The number of phenolic OH excluding ortho intramolecular Hbond substituents is 1. The summed E-state index contributed by atoms with van der Waals surface area (Å²) in [7, 11) is -4.23. The molecule has 1 fully saturated rings. The second-order valence-corrected chi connectivity index (χ2v) is 7.95. The first-order valence-electron chi connectivity index (χ1n) is 6.58. The van der Waals surface area contributed by atoms with E-state index in [1.807, 2.05) is 27.7 Å². The van der Waals surface area contributed by atoms with Crippen LogP contribution >= 0.6 is 0 Å². The summed E-state index contributed by atoms with van der Waals surface area (Å²) in [6.45, 7) is 7.62. The Kier molecular flexibility index (Phi) is 3.76. The zero-order valence-corrected chi connectivity index (χ0v) is 13.6. The molecule has 21 heavy (non-hydrogen) atoms. The lowest BCUT2D eigenvalue weighted by Gasteiger charge is -2.32. The van der Waals surface area contributed by atoms with E-state index in [0.717, 1.165) is 6.26 Å². The third kappa shape index (κ3) is 3.17. The van der Waals surface area contributed by atoms with Crippen LogP contribution in [0.3, 0.4) is 0 Å². The molecule has 0 radical (unpaired) electrons. The number of rotatable bonds is 3. The lowest BCUT2D eigenvalue weighted by Crippen LogP contribution is -2.41. The van der Waals surface area contributed by atoms with Crippen molar-refractivity contribution in [1.29, 1.82) is 0 Å². The minimum Gasteiger partial charge on any atom is -0.506 e. The van der Waals surface area contributed by atoms with E-state index in [9.17, 15) is 13.5 Å². The first-order valence-corrected chi connectivity index (χ1v) is 8.47. The molecule has 2 N–H and O–H groups in total. The predicted molar refractivity (Wildman–Crippen MR) is 82.3 cm³/mol. The van der Waals surface area contributed by atoms with Crippen molar-refractivity contribution in [2.24, 2.45) is 0 Å². The maximum absolute atomic E-state index is 11.3. The van der Waals surface area contributed by atoms with Gasteiger partial charge in [0, 0.05) is 5.46 Å². The van der Waals surface area contributed by atoms with Crippen LogP contribution in [0.2, 0.25) is 0 Å². The van der Waals surface area contributed by atoms with Crippen LogP contribution in [0.25, 0.3) is 0 Å². The molecule has 1 saturated heterocycles. The Labute approximate surface area is 125 Å². The summed E-state index contributed by atoms with van der Waals surface area (Å²) in [5, 5.41) is 10.3. The summed E-state index contributed by atoms with van der Waals surface area (Å²) in [6.07, 6.45) is 1.02. The number of para-hydroxylation sites is 1. The molecule has 1 aliphatic heterocycles. The molecular formula is C13H20BNO5S. The van der Waals surface area contributed by atoms with E-state index in [2.05, 4.69) is 4.72 Å². The Balaban J connectivity index is 2.37. The van der Waals surface area contributed by atoms with E-state index in [0.29, 0.717) is 5.46 Å². The van der Waals surface area contributed by atoms with Crippen LogP contribution in [0.4, 0.5) is 5.69 Å². The van der Waals surface area contributed by atoms with Crippen LogP contribution in [0.5, 0.6) is 5.75 Å². The molecule has 1 aliphatic rings. The summed E-state index contributed by atoms with van der Waals surface area (Å²) < 4.78 is 36.6. The number of nitrogens with one attached hydrogen (secondary N) is 1. The molecular weight excluding hydrogens is 293 g/mol. The first-order chi connectivity index (χ1) is 9.43. The van der Waals surface area contributed by atoms with Gasteiger partial charge in [-0.2, -0.15) is 0 Å². The lowest BCUT2D eigenvalue weighted by atomic mass is 9.78. The summed E-state index contributed by atoms with van der Waals surface area (Å²) in [4.78, 5) is 0. The van der Waals surface area contributed by atoms with Gasteiger partial charge in [-0.05, 0) is 33.8 Å². The molecule has 0 saturated carbocycles. The third-order valence-corrected chi connectivity index (χ3v) is 4.46. The molecule has 116 valence electrons. The van der Waals surface area contributed by atoms with Crippen molar-refractivity contribution in [3.05, 3.63) is 18.2 Å². The number of phenols is 1. The summed E-state index contributed by atoms with van der Waals surface area (Å²) in [5.74, 6) is -0.193. The average molecular weight is 313 g/mol. The zero-order chi connectivity index (χ0) is 16.1. The van der Waals surface area contributed by atoms with E-state index < -0.39 is 28.3 Å². The van der Waals surface area contributed by atoms with Crippen molar-refractivity contribution in [1.82, 2.24) is 0 Å². The van der Waals surface area contributed by atoms with Gasteiger partial charge in [0.25, 0.3) is 0 Å². The Morgan fingerprint density at radius 3 is 2.14 bits per heavy atom. The van der Waals surface area contributed by atoms with Gasteiger partial charge in [0.2, 0.25) is 10.0 Å². The van der Waals surface area contributed by atoms with Crippen LogP contribution < -0.4 is 10.2 Å². The molecule has 8 heteroatoms. The molecule has 0 amide bonds. The van der Waals surface area contributed by atoms with Gasteiger partial charge in [-0.15, -0.1) is 0 Å². The lowest BCUT2D eigenvalue weighted by molar-refractivity contribution is 0.00578. The topological polar surface area (TPSA) is 84.9 Å². The van der Waals surface area contributed by atoms with Crippen molar-refractivity contribution in [2.45, 2.75) is 38.9 Å².